The van der Waals surface area contributed by atoms with Crippen LogP contribution >= 0.6 is 12.4 Å². The lowest BCUT2D eigenvalue weighted by molar-refractivity contribution is -0.139. The van der Waals surface area contributed by atoms with E-state index in [2.05, 4.69) is 4.90 Å². The Morgan fingerprint density at radius 3 is 2.33 bits per heavy atom. The zero-order valence-corrected chi connectivity index (χ0v) is 17.3. The van der Waals surface area contributed by atoms with Gasteiger partial charge in [-0.05, 0) is 31.9 Å². The van der Waals surface area contributed by atoms with Crippen LogP contribution in [0.5, 0.6) is 0 Å². The van der Waals surface area contributed by atoms with Crippen LogP contribution < -0.4 is 0 Å². The van der Waals surface area contributed by atoms with Crippen molar-refractivity contribution in [3.05, 3.63) is 35.9 Å². The molecule has 0 aromatic heterocycles. The molecule has 0 spiro atoms. The molecule has 1 atom stereocenters. The number of nitrogens with zero attached hydrogens (tertiary/aromatic N) is 3. The lowest BCUT2D eigenvalue weighted by atomic mass is 10.0. The van der Waals surface area contributed by atoms with Crippen molar-refractivity contribution in [2.75, 3.05) is 33.2 Å². The van der Waals surface area contributed by atoms with Crippen molar-refractivity contribution in [3.63, 3.8) is 0 Å². The highest BCUT2D eigenvalue weighted by Gasteiger charge is 2.30. The molecule has 27 heavy (non-hydrogen) atoms. The molecule has 152 valence electrons. The average Bonchev–Trinajstić information content (AvgIpc) is 2.65. The van der Waals surface area contributed by atoms with Gasteiger partial charge in [-0.2, -0.15) is 0 Å². The van der Waals surface area contributed by atoms with E-state index in [0.29, 0.717) is 6.54 Å². The summed E-state index contributed by atoms with van der Waals surface area (Å²) in [7, 11) is 1.85. The summed E-state index contributed by atoms with van der Waals surface area (Å²) >= 11 is 0. The minimum Gasteiger partial charge on any atom is -0.480 e. The van der Waals surface area contributed by atoms with Gasteiger partial charge < -0.3 is 10.0 Å². The number of piperidine rings is 1. The molecular formula is C20H32ClN3O3. The maximum atomic E-state index is 12.8. The number of hydrogen-bond acceptors (Lipinski definition) is 4. The lowest BCUT2D eigenvalue weighted by Gasteiger charge is -2.40. The van der Waals surface area contributed by atoms with E-state index in [1.807, 2.05) is 56.1 Å². The number of carboxylic acids is 1. The molecule has 1 aromatic rings. The van der Waals surface area contributed by atoms with Crippen molar-refractivity contribution in [2.24, 2.45) is 0 Å². The maximum Gasteiger partial charge on any atom is 0.317 e. The first-order valence-corrected chi connectivity index (χ1v) is 9.41. The number of carbonyl (C=O) groups excluding carboxylic acids is 1. The highest BCUT2D eigenvalue weighted by Crippen LogP contribution is 2.19. The monoisotopic (exact) mass is 397 g/mol. The molecule has 0 radical (unpaired) electrons. The molecule has 1 unspecified atom stereocenters. The second-order valence-corrected chi connectivity index (χ2v) is 7.08. The maximum absolute atomic E-state index is 12.8. The van der Waals surface area contributed by atoms with Crippen LogP contribution in [0.3, 0.4) is 0 Å². The van der Waals surface area contributed by atoms with E-state index in [-0.39, 0.29) is 36.9 Å². The highest BCUT2D eigenvalue weighted by molar-refractivity contribution is 5.85. The molecule has 0 saturated carbocycles. The minimum absolute atomic E-state index is 0. The van der Waals surface area contributed by atoms with E-state index in [4.69, 9.17) is 5.11 Å². The van der Waals surface area contributed by atoms with Gasteiger partial charge >= 0.3 is 5.97 Å². The number of hydrogen-bond donors (Lipinski definition) is 1. The summed E-state index contributed by atoms with van der Waals surface area (Å²) in [6.45, 7) is 7.07. The Kier molecular flexibility index (Phi) is 9.77. The fourth-order valence-corrected chi connectivity index (χ4v) is 3.72. The van der Waals surface area contributed by atoms with E-state index in [9.17, 15) is 9.59 Å². The van der Waals surface area contributed by atoms with Crippen LogP contribution in [0.15, 0.2) is 30.3 Å². The number of likely N-dealkylation sites (N-methyl/N-ethyl adjacent to an activating group) is 2. The second-order valence-electron chi connectivity index (χ2n) is 7.08. The Labute approximate surface area is 168 Å². The number of carbonyl (C=O) groups is 2. The van der Waals surface area contributed by atoms with Gasteiger partial charge in [0.25, 0.3) is 0 Å². The van der Waals surface area contributed by atoms with Crippen LogP contribution in [0.25, 0.3) is 0 Å². The molecule has 0 aliphatic carbocycles. The third-order valence-corrected chi connectivity index (χ3v) is 5.30. The van der Waals surface area contributed by atoms with Crippen molar-refractivity contribution in [1.82, 2.24) is 14.7 Å². The van der Waals surface area contributed by atoms with Gasteiger partial charge in [0.1, 0.15) is 0 Å². The highest BCUT2D eigenvalue weighted by atomic mass is 35.5. The standard InChI is InChI=1S/C20H31N3O3.ClH/c1-4-22(15-19(24)25)18-10-12-23(13-11-18)16(2)20(26)21(3)14-17-8-6-5-7-9-17;/h5-9,16,18H,4,10-15H2,1-3H3,(H,24,25);1H. The van der Waals surface area contributed by atoms with E-state index in [1.165, 1.54) is 0 Å². The van der Waals surface area contributed by atoms with Gasteiger partial charge in [0.15, 0.2) is 0 Å². The number of amides is 1. The molecule has 1 heterocycles. The smallest absolute Gasteiger partial charge is 0.317 e. The largest absolute Gasteiger partial charge is 0.480 e. The number of benzene rings is 1. The van der Waals surface area contributed by atoms with Crippen LogP contribution in [0.1, 0.15) is 32.3 Å². The molecule has 6 nitrogen and oxygen atoms in total. The Morgan fingerprint density at radius 2 is 1.81 bits per heavy atom. The van der Waals surface area contributed by atoms with Crippen molar-refractivity contribution in [2.45, 2.75) is 45.3 Å². The Morgan fingerprint density at radius 1 is 1.22 bits per heavy atom. The minimum atomic E-state index is -0.777. The summed E-state index contributed by atoms with van der Waals surface area (Å²) in [4.78, 5) is 29.8. The zero-order chi connectivity index (χ0) is 19.1. The van der Waals surface area contributed by atoms with E-state index in [1.54, 1.807) is 4.90 Å². The SMILES string of the molecule is CCN(CC(=O)O)C1CCN(C(C)C(=O)N(C)Cc2ccccc2)CC1.Cl. The predicted molar refractivity (Wildman–Crippen MR) is 109 cm³/mol. The van der Waals surface area contributed by atoms with Gasteiger partial charge in [0.2, 0.25) is 5.91 Å². The molecule has 1 amide bonds. The van der Waals surface area contributed by atoms with Crippen LogP contribution in [-0.4, -0.2) is 77.0 Å². The Bertz CT molecular complexity index is 591. The summed E-state index contributed by atoms with van der Waals surface area (Å²) < 4.78 is 0. The summed E-state index contributed by atoms with van der Waals surface area (Å²) in [5, 5.41) is 9.04. The van der Waals surface area contributed by atoms with Gasteiger partial charge in [0, 0.05) is 32.7 Å². The van der Waals surface area contributed by atoms with Gasteiger partial charge in [-0.3, -0.25) is 19.4 Å². The van der Waals surface area contributed by atoms with Gasteiger partial charge in [-0.1, -0.05) is 37.3 Å². The van der Waals surface area contributed by atoms with Crippen LogP contribution in [-0.2, 0) is 16.1 Å². The molecule has 1 saturated heterocycles. The topological polar surface area (TPSA) is 64.1 Å². The normalized spacial score (nSPS) is 16.6. The Balaban J connectivity index is 0.00000364. The third kappa shape index (κ3) is 6.79. The lowest BCUT2D eigenvalue weighted by Crippen LogP contribution is -2.52. The van der Waals surface area contributed by atoms with Crippen molar-refractivity contribution < 1.29 is 14.7 Å². The molecule has 1 aliphatic rings. The number of carboxylic acid groups (broad SMARTS) is 1. The van der Waals surface area contributed by atoms with Crippen molar-refractivity contribution in [3.8, 4) is 0 Å². The Hall–Kier alpha value is -1.63. The summed E-state index contributed by atoms with van der Waals surface area (Å²) in [5.41, 5.74) is 1.13. The molecule has 2 rings (SSSR count). The molecular weight excluding hydrogens is 366 g/mol. The molecule has 1 N–H and O–H groups in total. The number of rotatable bonds is 8. The average molecular weight is 398 g/mol. The summed E-state index contributed by atoms with van der Waals surface area (Å²) in [6.07, 6.45) is 1.81. The van der Waals surface area contributed by atoms with Crippen LogP contribution in [0.4, 0.5) is 0 Å². The second kappa shape index (κ2) is 11.3. The molecule has 1 aromatic carbocycles. The summed E-state index contributed by atoms with van der Waals surface area (Å²) in [5.74, 6) is -0.648. The van der Waals surface area contributed by atoms with E-state index < -0.39 is 5.97 Å². The zero-order valence-electron chi connectivity index (χ0n) is 16.5. The molecule has 1 aliphatic heterocycles. The van der Waals surface area contributed by atoms with E-state index >= 15 is 0 Å². The van der Waals surface area contributed by atoms with Crippen molar-refractivity contribution >= 4 is 24.3 Å². The van der Waals surface area contributed by atoms with Gasteiger partial charge in [-0.15, -0.1) is 12.4 Å². The molecule has 7 heteroatoms. The van der Waals surface area contributed by atoms with E-state index in [0.717, 1.165) is 38.0 Å². The number of halogens is 1. The molecule has 1 fully saturated rings. The fraction of sp³-hybridized carbons (Fsp3) is 0.600. The number of aliphatic carboxylic acids is 1. The predicted octanol–water partition coefficient (Wildman–Crippen LogP) is 2.33. The number of likely N-dealkylation sites (tertiary alicyclic amines) is 1. The van der Waals surface area contributed by atoms with Gasteiger partial charge in [0.05, 0.1) is 12.6 Å². The third-order valence-electron chi connectivity index (χ3n) is 5.30. The van der Waals surface area contributed by atoms with Crippen LogP contribution in [0.2, 0.25) is 0 Å². The first-order chi connectivity index (χ1) is 12.4. The first-order valence-electron chi connectivity index (χ1n) is 9.41. The fourth-order valence-electron chi connectivity index (χ4n) is 3.72. The first kappa shape index (κ1) is 23.4. The van der Waals surface area contributed by atoms with Crippen molar-refractivity contribution in [1.29, 1.82) is 0 Å². The quantitative estimate of drug-likeness (QED) is 0.729. The van der Waals surface area contributed by atoms with Gasteiger partial charge in [-0.25, -0.2) is 0 Å². The van der Waals surface area contributed by atoms with Crippen LogP contribution in [0, 0.1) is 0 Å². The molecule has 0 bridgehead atoms. The summed E-state index contributed by atoms with van der Waals surface area (Å²) in [6, 6.07) is 10.1.